The Labute approximate surface area is 158 Å². The van der Waals surface area contributed by atoms with Gasteiger partial charge in [-0.05, 0) is 30.2 Å². The van der Waals surface area contributed by atoms with Crippen molar-refractivity contribution in [3.63, 3.8) is 0 Å². The molecular formula is C19H16ClF3N2O2. The minimum Gasteiger partial charge on any atom is -0.362 e. The van der Waals surface area contributed by atoms with E-state index in [0.717, 1.165) is 0 Å². The maximum absolute atomic E-state index is 13.6. The summed E-state index contributed by atoms with van der Waals surface area (Å²) in [5, 5.41) is 14.7. The van der Waals surface area contributed by atoms with Gasteiger partial charge in [0.15, 0.2) is 0 Å². The van der Waals surface area contributed by atoms with Gasteiger partial charge >= 0.3 is 6.18 Å². The number of aliphatic hydroxyl groups is 1. The Hall–Kier alpha value is -2.38. The molecule has 0 aromatic heterocycles. The Bertz CT molecular complexity index is 914. The highest BCUT2D eigenvalue weighted by molar-refractivity contribution is 6.30. The summed E-state index contributed by atoms with van der Waals surface area (Å²) in [6.07, 6.45) is -6.27. The Kier molecular flexibility index (Phi) is 5.01. The van der Waals surface area contributed by atoms with Crippen molar-refractivity contribution in [3.05, 3.63) is 70.2 Å². The topological polar surface area (TPSA) is 52.9 Å². The highest BCUT2D eigenvalue weighted by Crippen LogP contribution is 2.41. The normalized spacial score (nSPS) is 19.9. The first-order valence-corrected chi connectivity index (χ1v) is 8.50. The number of nitrogens with zero attached hydrogens (tertiary/aromatic N) is 2. The predicted octanol–water partition coefficient (Wildman–Crippen LogP) is 4.08. The lowest BCUT2D eigenvalue weighted by Gasteiger charge is -2.32. The molecule has 142 valence electrons. The fourth-order valence-corrected chi connectivity index (χ4v) is 3.18. The highest BCUT2D eigenvalue weighted by atomic mass is 35.5. The van der Waals surface area contributed by atoms with Gasteiger partial charge < -0.3 is 5.11 Å². The molecule has 0 radical (unpaired) electrons. The molecule has 1 N–H and O–H groups in total. The lowest BCUT2D eigenvalue weighted by atomic mass is 9.97. The van der Waals surface area contributed by atoms with Crippen LogP contribution in [0.1, 0.15) is 23.1 Å². The van der Waals surface area contributed by atoms with Gasteiger partial charge in [-0.15, -0.1) is 0 Å². The fraction of sp³-hybridized carbons (Fsp3) is 0.263. The van der Waals surface area contributed by atoms with Crippen molar-refractivity contribution in [2.75, 3.05) is 0 Å². The van der Waals surface area contributed by atoms with Crippen LogP contribution in [0.4, 0.5) is 13.2 Å². The van der Waals surface area contributed by atoms with E-state index in [2.05, 4.69) is 5.10 Å². The standard InChI is InChI=1S/C19H16ClF3N2O2/c1-12-5-2-3-8-15(12)16-11-18(27,19(21,22)23)25(24-16)17(26)10-13-6-4-7-14(20)9-13/h2-9,27H,10-11H2,1H3. The van der Waals surface area contributed by atoms with E-state index in [4.69, 9.17) is 11.6 Å². The van der Waals surface area contributed by atoms with E-state index in [1.54, 1.807) is 49.4 Å². The smallest absolute Gasteiger partial charge is 0.362 e. The zero-order valence-electron chi connectivity index (χ0n) is 14.3. The van der Waals surface area contributed by atoms with E-state index >= 15 is 0 Å². The summed E-state index contributed by atoms with van der Waals surface area (Å²) in [6.45, 7) is 1.72. The molecule has 4 nitrogen and oxygen atoms in total. The molecule has 0 bridgehead atoms. The van der Waals surface area contributed by atoms with E-state index in [-0.39, 0.29) is 17.1 Å². The van der Waals surface area contributed by atoms with Crippen LogP contribution in [-0.2, 0) is 11.2 Å². The molecule has 0 spiro atoms. The summed E-state index contributed by atoms with van der Waals surface area (Å²) in [4.78, 5) is 12.6. The molecule has 1 aliphatic rings. The number of hydrazone groups is 1. The summed E-state index contributed by atoms with van der Waals surface area (Å²) in [5.41, 5.74) is -1.80. The highest BCUT2D eigenvalue weighted by Gasteiger charge is 2.63. The SMILES string of the molecule is Cc1ccccc1C1=NN(C(=O)Cc2cccc(Cl)c2)C(O)(C(F)(F)F)C1. The zero-order valence-corrected chi connectivity index (χ0v) is 15.1. The van der Waals surface area contributed by atoms with E-state index in [1.165, 1.54) is 6.07 Å². The van der Waals surface area contributed by atoms with E-state index in [1.807, 2.05) is 0 Å². The monoisotopic (exact) mass is 396 g/mol. The van der Waals surface area contributed by atoms with Crippen LogP contribution in [0.15, 0.2) is 53.6 Å². The van der Waals surface area contributed by atoms with Crippen molar-refractivity contribution in [3.8, 4) is 0 Å². The van der Waals surface area contributed by atoms with Crippen molar-refractivity contribution in [2.45, 2.75) is 31.7 Å². The fourth-order valence-electron chi connectivity index (χ4n) is 2.97. The van der Waals surface area contributed by atoms with Crippen molar-refractivity contribution in [1.82, 2.24) is 5.01 Å². The van der Waals surface area contributed by atoms with Gasteiger partial charge in [-0.25, -0.2) is 0 Å². The van der Waals surface area contributed by atoms with E-state index in [0.29, 0.717) is 21.7 Å². The third-order valence-electron chi connectivity index (χ3n) is 4.38. The average Bonchev–Trinajstić information content (AvgIpc) is 2.94. The van der Waals surface area contributed by atoms with Crippen LogP contribution < -0.4 is 0 Å². The first kappa shape index (κ1) is 19.4. The van der Waals surface area contributed by atoms with E-state index in [9.17, 15) is 23.1 Å². The largest absolute Gasteiger partial charge is 0.438 e. The van der Waals surface area contributed by atoms with Gasteiger partial charge in [0.2, 0.25) is 5.91 Å². The quantitative estimate of drug-likeness (QED) is 0.850. The number of rotatable bonds is 3. The Morgan fingerprint density at radius 1 is 1.26 bits per heavy atom. The Balaban J connectivity index is 1.98. The number of hydrogen-bond donors (Lipinski definition) is 1. The zero-order chi connectivity index (χ0) is 19.8. The van der Waals surface area contributed by atoms with Crippen LogP contribution in [0.2, 0.25) is 5.02 Å². The molecule has 1 unspecified atom stereocenters. The van der Waals surface area contributed by atoms with Crippen LogP contribution >= 0.6 is 11.6 Å². The van der Waals surface area contributed by atoms with Crippen LogP contribution in [0.3, 0.4) is 0 Å². The molecule has 1 heterocycles. The van der Waals surface area contributed by atoms with Gasteiger partial charge in [-0.2, -0.15) is 23.3 Å². The predicted molar refractivity (Wildman–Crippen MR) is 95.3 cm³/mol. The van der Waals surface area contributed by atoms with Gasteiger partial charge in [0.05, 0.1) is 18.6 Å². The number of carbonyl (C=O) groups is 1. The van der Waals surface area contributed by atoms with Crippen molar-refractivity contribution in [2.24, 2.45) is 5.10 Å². The van der Waals surface area contributed by atoms with Crippen LogP contribution in [0, 0.1) is 6.92 Å². The summed E-state index contributed by atoms with van der Waals surface area (Å²) < 4.78 is 40.8. The minimum atomic E-state index is -5.06. The molecule has 1 amide bonds. The summed E-state index contributed by atoms with van der Waals surface area (Å²) in [5.74, 6) is -0.972. The molecule has 3 rings (SSSR count). The molecule has 0 aliphatic carbocycles. The number of hydrogen-bond acceptors (Lipinski definition) is 3. The van der Waals surface area contributed by atoms with Crippen LogP contribution in [-0.4, -0.2) is 33.6 Å². The van der Waals surface area contributed by atoms with Gasteiger partial charge in [-0.1, -0.05) is 48.0 Å². The second-order valence-corrected chi connectivity index (χ2v) is 6.80. The van der Waals surface area contributed by atoms with Gasteiger partial charge in [-0.3, -0.25) is 4.79 Å². The van der Waals surface area contributed by atoms with Crippen LogP contribution in [0.5, 0.6) is 0 Å². The second-order valence-electron chi connectivity index (χ2n) is 6.37. The third-order valence-corrected chi connectivity index (χ3v) is 4.61. The average molecular weight is 397 g/mol. The summed E-state index contributed by atoms with van der Waals surface area (Å²) in [6, 6.07) is 13.0. The first-order chi connectivity index (χ1) is 12.6. The molecule has 0 fully saturated rings. The Morgan fingerprint density at radius 3 is 2.59 bits per heavy atom. The van der Waals surface area contributed by atoms with E-state index < -0.39 is 24.2 Å². The lowest BCUT2D eigenvalue weighted by Crippen LogP contribution is -2.57. The molecule has 27 heavy (non-hydrogen) atoms. The van der Waals surface area contributed by atoms with Crippen molar-refractivity contribution in [1.29, 1.82) is 0 Å². The molecule has 8 heteroatoms. The van der Waals surface area contributed by atoms with Crippen LogP contribution in [0.25, 0.3) is 0 Å². The van der Waals surface area contributed by atoms with Gasteiger partial charge in [0.25, 0.3) is 5.72 Å². The molecule has 2 aromatic carbocycles. The number of carbonyl (C=O) groups excluding carboxylic acids is 1. The minimum absolute atomic E-state index is 0.00682. The van der Waals surface area contributed by atoms with Gasteiger partial charge in [0, 0.05) is 10.6 Å². The van der Waals surface area contributed by atoms with Crippen molar-refractivity contribution >= 4 is 23.2 Å². The maximum Gasteiger partial charge on any atom is 0.438 e. The summed E-state index contributed by atoms with van der Waals surface area (Å²) in [7, 11) is 0. The first-order valence-electron chi connectivity index (χ1n) is 8.12. The van der Waals surface area contributed by atoms with Gasteiger partial charge in [0.1, 0.15) is 0 Å². The maximum atomic E-state index is 13.6. The molecular weight excluding hydrogens is 381 g/mol. The molecule has 0 saturated heterocycles. The number of amides is 1. The molecule has 1 aliphatic heterocycles. The number of aryl methyl sites for hydroxylation is 1. The van der Waals surface area contributed by atoms with Crippen molar-refractivity contribution < 1.29 is 23.1 Å². The number of halogens is 4. The third kappa shape index (κ3) is 3.70. The number of alkyl halides is 3. The number of benzene rings is 2. The Morgan fingerprint density at radius 2 is 1.96 bits per heavy atom. The second kappa shape index (κ2) is 6.98. The molecule has 2 aromatic rings. The summed E-state index contributed by atoms with van der Waals surface area (Å²) >= 11 is 5.86. The lowest BCUT2D eigenvalue weighted by molar-refractivity contribution is -0.302. The molecule has 1 atom stereocenters. The molecule has 0 saturated carbocycles.